The van der Waals surface area contributed by atoms with Gasteiger partial charge in [-0.05, 0) is 59.3 Å². The number of hydrogen-bond acceptors (Lipinski definition) is 0. The van der Waals surface area contributed by atoms with Crippen molar-refractivity contribution in [1.82, 2.24) is 0 Å². The number of allylic oxidation sites excluding steroid dienone is 8. The lowest BCUT2D eigenvalue weighted by Crippen LogP contribution is -1.80. The van der Waals surface area contributed by atoms with Crippen molar-refractivity contribution in [2.45, 2.75) is 67.2 Å². The Morgan fingerprint density at radius 2 is 1.42 bits per heavy atom. The summed E-state index contributed by atoms with van der Waals surface area (Å²) in [4.78, 5) is 0. The zero-order valence-electron chi connectivity index (χ0n) is 13.8. The maximum atomic E-state index is 2.39. The van der Waals surface area contributed by atoms with Crippen LogP contribution in [0.15, 0.2) is 47.1 Å². The van der Waals surface area contributed by atoms with Crippen LogP contribution in [-0.4, -0.2) is 0 Å². The minimum atomic E-state index is 0.640. The molecule has 0 aliphatic carbocycles. The van der Waals surface area contributed by atoms with Crippen LogP contribution < -0.4 is 0 Å². The Balaban J connectivity index is 3.96. The van der Waals surface area contributed by atoms with Crippen molar-refractivity contribution in [3.8, 4) is 0 Å². The Morgan fingerprint density at radius 3 is 2.00 bits per heavy atom. The molecule has 0 saturated carbocycles. The SMILES string of the molecule is CC(C)=CCCC(C)=CCCC(C)=CC=CC(C)C. The highest BCUT2D eigenvalue weighted by Gasteiger charge is 1.91. The van der Waals surface area contributed by atoms with Gasteiger partial charge >= 0.3 is 0 Å². The summed E-state index contributed by atoms with van der Waals surface area (Å²) >= 11 is 0. The molecule has 0 nitrogen and oxygen atoms in total. The van der Waals surface area contributed by atoms with Gasteiger partial charge in [-0.3, -0.25) is 0 Å². The number of rotatable bonds is 8. The first-order valence-electron chi connectivity index (χ1n) is 7.54. The van der Waals surface area contributed by atoms with Crippen LogP contribution in [-0.2, 0) is 0 Å². The molecule has 0 heterocycles. The fourth-order valence-electron chi connectivity index (χ4n) is 1.76. The van der Waals surface area contributed by atoms with Crippen molar-refractivity contribution in [3.05, 3.63) is 47.1 Å². The van der Waals surface area contributed by atoms with Gasteiger partial charge in [-0.2, -0.15) is 0 Å². The van der Waals surface area contributed by atoms with Gasteiger partial charge in [0.25, 0.3) is 0 Å². The lowest BCUT2D eigenvalue weighted by molar-refractivity contribution is 0.831. The van der Waals surface area contributed by atoms with Crippen molar-refractivity contribution in [2.75, 3.05) is 0 Å². The summed E-state index contributed by atoms with van der Waals surface area (Å²) in [6, 6.07) is 0. The van der Waals surface area contributed by atoms with E-state index in [1.165, 1.54) is 42.4 Å². The molecule has 0 N–H and O–H groups in total. The van der Waals surface area contributed by atoms with E-state index in [1.54, 1.807) is 0 Å². The van der Waals surface area contributed by atoms with Crippen LogP contribution in [0, 0.1) is 5.92 Å². The fraction of sp³-hybridized carbons (Fsp3) is 0.579. The second-order valence-corrected chi connectivity index (χ2v) is 6.05. The Morgan fingerprint density at radius 1 is 0.842 bits per heavy atom. The van der Waals surface area contributed by atoms with Gasteiger partial charge in [0.1, 0.15) is 0 Å². The molecular weight excluding hydrogens is 228 g/mol. The Kier molecular flexibility index (Phi) is 10.2. The third kappa shape index (κ3) is 13.2. The summed E-state index contributed by atoms with van der Waals surface area (Å²) in [7, 11) is 0. The molecule has 0 bridgehead atoms. The summed E-state index contributed by atoms with van der Waals surface area (Å²) < 4.78 is 0. The standard InChI is InChI=1S/C19H32/c1-16(2)10-7-12-18(5)14-9-15-19(6)13-8-11-17(3)4/h7,10-12,15-16H,8-9,13-14H2,1-6H3. The molecule has 0 aromatic rings. The molecule has 0 aliphatic heterocycles. The molecular formula is C19H32. The van der Waals surface area contributed by atoms with Crippen LogP contribution in [0.2, 0.25) is 0 Å². The van der Waals surface area contributed by atoms with Gasteiger partial charge in [0.2, 0.25) is 0 Å². The molecule has 0 radical (unpaired) electrons. The lowest BCUT2D eigenvalue weighted by Gasteiger charge is -2.00. The first kappa shape index (κ1) is 18.0. The minimum absolute atomic E-state index is 0.640. The van der Waals surface area contributed by atoms with E-state index in [0.717, 1.165) is 0 Å². The molecule has 0 atom stereocenters. The summed E-state index contributed by atoms with van der Waals surface area (Å²) in [5.41, 5.74) is 4.40. The van der Waals surface area contributed by atoms with E-state index in [9.17, 15) is 0 Å². The highest BCUT2D eigenvalue weighted by molar-refractivity contribution is 5.12. The monoisotopic (exact) mass is 260 g/mol. The van der Waals surface area contributed by atoms with E-state index in [4.69, 9.17) is 0 Å². The maximum absolute atomic E-state index is 2.39. The molecule has 0 amide bonds. The quantitative estimate of drug-likeness (QED) is 0.340. The summed E-state index contributed by atoms with van der Waals surface area (Å²) in [5, 5.41) is 0. The first-order valence-corrected chi connectivity index (χ1v) is 7.54. The lowest BCUT2D eigenvalue weighted by atomic mass is 10.1. The highest BCUT2D eigenvalue weighted by Crippen LogP contribution is 2.11. The van der Waals surface area contributed by atoms with Crippen LogP contribution in [0.5, 0.6) is 0 Å². The number of hydrogen-bond donors (Lipinski definition) is 0. The van der Waals surface area contributed by atoms with Gasteiger partial charge in [0.15, 0.2) is 0 Å². The molecule has 108 valence electrons. The Labute approximate surface area is 121 Å². The van der Waals surface area contributed by atoms with Gasteiger partial charge in [0, 0.05) is 0 Å². The zero-order valence-corrected chi connectivity index (χ0v) is 13.8. The predicted molar refractivity (Wildman–Crippen MR) is 89.4 cm³/mol. The molecule has 19 heavy (non-hydrogen) atoms. The summed E-state index contributed by atoms with van der Waals surface area (Å²) in [6.45, 7) is 13.2. The predicted octanol–water partition coefficient (Wildman–Crippen LogP) is 6.62. The van der Waals surface area contributed by atoms with E-state index in [1.807, 2.05) is 0 Å². The molecule has 0 saturated heterocycles. The second kappa shape index (κ2) is 10.8. The van der Waals surface area contributed by atoms with E-state index in [-0.39, 0.29) is 0 Å². The van der Waals surface area contributed by atoms with E-state index in [2.05, 4.69) is 71.9 Å². The smallest absolute Gasteiger partial charge is 0.0285 e. The molecule has 0 aromatic heterocycles. The largest absolute Gasteiger partial charge is 0.0856 e. The van der Waals surface area contributed by atoms with Crippen molar-refractivity contribution in [3.63, 3.8) is 0 Å². The van der Waals surface area contributed by atoms with Crippen molar-refractivity contribution in [1.29, 1.82) is 0 Å². The molecule has 0 heteroatoms. The Hall–Kier alpha value is -1.04. The molecule has 0 aromatic carbocycles. The van der Waals surface area contributed by atoms with Gasteiger partial charge in [-0.1, -0.05) is 60.9 Å². The third-order valence-corrected chi connectivity index (χ3v) is 3.00. The van der Waals surface area contributed by atoms with Gasteiger partial charge in [-0.15, -0.1) is 0 Å². The summed E-state index contributed by atoms with van der Waals surface area (Å²) in [6.07, 6.45) is 16.1. The van der Waals surface area contributed by atoms with Gasteiger partial charge in [-0.25, -0.2) is 0 Å². The third-order valence-electron chi connectivity index (χ3n) is 3.00. The van der Waals surface area contributed by atoms with Crippen LogP contribution in [0.4, 0.5) is 0 Å². The average Bonchev–Trinajstić information content (AvgIpc) is 2.27. The molecule has 0 unspecified atom stereocenters. The Bertz CT molecular complexity index is 344. The van der Waals surface area contributed by atoms with Gasteiger partial charge in [0.05, 0.1) is 0 Å². The second-order valence-electron chi connectivity index (χ2n) is 6.05. The van der Waals surface area contributed by atoms with Crippen molar-refractivity contribution < 1.29 is 0 Å². The van der Waals surface area contributed by atoms with Crippen LogP contribution in [0.1, 0.15) is 67.2 Å². The van der Waals surface area contributed by atoms with E-state index < -0.39 is 0 Å². The normalized spacial score (nSPS) is 13.4. The summed E-state index contributed by atoms with van der Waals surface area (Å²) in [5.74, 6) is 0.640. The molecule has 0 fully saturated rings. The minimum Gasteiger partial charge on any atom is -0.0856 e. The van der Waals surface area contributed by atoms with Crippen LogP contribution in [0.25, 0.3) is 0 Å². The first-order chi connectivity index (χ1) is 8.91. The van der Waals surface area contributed by atoms with Crippen LogP contribution in [0.3, 0.4) is 0 Å². The molecule has 0 rings (SSSR count). The van der Waals surface area contributed by atoms with E-state index >= 15 is 0 Å². The zero-order chi connectivity index (χ0) is 14.7. The van der Waals surface area contributed by atoms with Crippen LogP contribution >= 0.6 is 0 Å². The molecule has 0 spiro atoms. The highest BCUT2D eigenvalue weighted by atomic mass is 14.0. The van der Waals surface area contributed by atoms with Crippen molar-refractivity contribution in [2.24, 2.45) is 5.92 Å². The van der Waals surface area contributed by atoms with E-state index in [0.29, 0.717) is 5.92 Å². The van der Waals surface area contributed by atoms with Gasteiger partial charge < -0.3 is 0 Å². The topological polar surface area (TPSA) is 0 Å². The maximum Gasteiger partial charge on any atom is -0.0285 e. The average molecular weight is 260 g/mol. The fourth-order valence-corrected chi connectivity index (χ4v) is 1.76. The molecule has 0 aliphatic rings. The van der Waals surface area contributed by atoms with Crippen molar-refractivity contribution >= 4 is 0 Å².